The van der Waals surface area contributed by atoms with Gasteiger partial charge in [-0.2, -0.15) is 0 Å². The lowest BCUT2D eigenvalue weighted by Gasteiger charge is -2.13. The van der Waals surface area contributed by atoms with Gasteiger partial charge < -0.3 is 0 Å². The van der Waals surface area contributed by atoms with Crippen LogP contribution in [0.5, 0.6) is 0 Å². The van der Waals surface area contributed by atoms with Crippen molar-refractivity contribution in [2.24, 2.45) is 10.6 Å². The molecule has 5 heteroatoms. The van der Waals surface area contributed by atoms with Gasteiger partial charge in [0, 0.05) is 11.0 Å². The lowest BCUT2D eigenvalue weighted by Crippen LogP contribution is -2.14. The Morgan fingerprint density at radius 1 is 0.917 bits per heavy atom. The first-order chi connectivity index (χ1) is 11.4. The van der Waals surface area contributed by atoms with E-state index in [0.717, 1.165) is 29.6 Å². The molecule has 0 bridgehead atoms. The van der Waals surface area contributed by atoms with Crippen LogP contribution in [0.4, 0.5) is 4.39 Å². The van der Waals surface area contributed by atoms with E-state index in [2.05, 4.69) is 12.2 Å². The average Bonchev–Trinajstić information content (AvgIpc) is 3.19. The number of hydrogen-bond acceptors (Lipinski definition) is 2. The summed E-state index contributed by atoms with van der Waals surface area (Å²) in [5.74, 6) is -0.297. The van der Waals surface area contributed by atoms with Gasteiger partial charge in [-0.1, -0.05) is 42.5 Å². The molecule has 2 N–H and O–H groups in total. The molecule has 3 nitrogen and oxygen atoms in total. The number of allylic oxidation sites excluding steroid dienone is 4. The van der Waals surface area contributed by atoms with Crippen LogP contribution in [0.1, 0.15) is 24.0 Å². The first-order valence-corrected chi connectivity index (χ1v) is 9.27. The molecular weight excluding hydrogens is 325 g/mol. The van der Waals surface area contributed by atoms with E-state index in [1.165, 1.54) is 18.2 Å². The first kappa shape index (κ1) is 15.3. The number of hydrogen-bond donors (Lipinski definition) is 1. The summed E-state index contributed by atoms with van der Waals surface area (Å²) in [7, 11) is -3.83. The van der Waals surface area contributed by atoms with Crippen LogP contribution in [0.2, 0.25) is 0 Å². The van der Waals surface area contributed by atoms with Gasteiger partial charge in [0.2, 0.25) is 10.0 Å². The standard InChI is InChI=1S/C19H16FNO2S/c20-14-7-5-13(6-8-14)16-11-19(9-10-19)12-17(16)15-3-1-2-4-18(15)24(21,22)23/h1-8,11-12H,9-10H2,(H2,21,22,23). The molecule has 24 heavy (non-hydrogen) atoms. The molecule has 2 aliphatic rings. The van der Waals surface area contributed by atoms with E-state index < -0.39 is 10.0 Å². The molecule has 2 aromatic carbocycles. The van der Waals surface area contributed by atoms with Gasteiger partial charge >= 0.3 is 0 Å². The van der Waals surface area contributed by atoms with E-state index in [-0.39, 0.29) is 16.1 Å². The van der Waals surface area contributed by atoms with E-state index in [4.69, 9.17) is 5.14 Å². The predicted octanol–water partition coefficient (Wildman–Crippen LogP) is 3.73. The molecule has 0 amide bonds. The van der Waals surface area contributed by atoms with E-state index in [9.17, 15) is 12.8 Å². The Hall–Kier alpha value is -2.24. The van der Waals surface area contributed by atoms with Crippen LogP contribution >= 0.6 is 0 Å². The quantitative estimate of drug-likeness (QED) is 0.924. The van der Waals surface area contributed by atoms with E-state index in [1.807, 2.05) is 0 Å². The summed E-state index contributed by atoms with van der Waals surface area (Å²) in [6.07, 6.45) is 6.36. The molecule has 1 saturated carbocycles. The van der Waals surface area contributed by atoms with Gasteiger partial charge in [0.25, 0.3) is 0 Å². The summed E-state index contributed by atoms with van der Waals surface area (Å²) in [6.45, 7) is 0. The van der Waals surface area contributed by atoms with Crippen LogP contribution < -0.4 is 5.14 Å². The fourth-order valence-electron chi connectivity index (χ4n) is 3.23. The Balaban J connectivity index is 1.89. The summed E-state index contributed by atoms with van der Waals surface area (Å²) in [5.41, 5.74) is 3.26. The summed E-state index contributed by atoms with van der Waals surface area (Å²) in [6, 6.07) is 13.0. The maximum atomic E-state index is 13.2. The van der Waals surface area contributed by atoms with Gasteiger partial charge in [-0.25, -0.2) is 17.9 Å². The molecule has 0 radical (unpaired) electrons. The van der Waals surface area contributed by atoms with Crippen molar-refractivity contribution in [3.05, 3.63) is 77.6 Å². The van der Waals surface area contributed by atoms with Crippen molar-refractivity contribution in [1.82, 2.24) is 0 Å². The van der Waals surface area contributed by atoms with Crippen LogP contribution in [0.15, 0.2) is 65.6 Å². The molecule has 1 spiro atoms. The molecule has 2 aromatic rings. The smallest absolute Gasteiger partial charge is 0.225 e. The number of nitrogens with two attached hydrogens (primary N) is 1. The van der Waals surface area contributed by atoms with Gasteiger partial charge in [-0.05, 0) is 47.8 Å². The van der Waals surface area contributed by atoms with Crippen LogP contribution in [0, 0.1) is 11.2 Å². The lowest BCUT2D eigenvalue weighted by molar-refractivity contribution is 0.597. The van der Waals surface area contributed by atoms with Crippen molar-refractivity contribution in [3.63, 3.8) is 0 Å². The highest BCUT2D eigenvalue weighted by Crippen LogP contribution is 2.58. The van der Waals surface area contributed by atoms with Crippen molar-refractivity contribution in [2.45, 2.75) is 17.7 Å². The highest BCUT2D eigenvalue weighted by atomic mass is 32.2. The lowest BCUT2D eigenvalue weighted by atomic mass is 9.95. The average molecular weight is 341 g/mol. The van der Waals surface area contributed by atoms with Gasteiger partial charge in [-0.15, -0.1) is 0 Å². The van der Waals surface area contributed by atoms with E-state index in [0.29, 0.717) is 5.56 Å². The van der Waals surface area contributed by atoms with Crippen LogP contribution in [-0.4, -0.2) is 8.42 Å². The summed E-state index contributed by atoms with van der Waals surface area (Å²) in [5, 5.41) is 5.39. The predicted molar refractivity (Wildman–Crippen MR) is 91.8 cm³/mol. The Morgan fingerprint density at radius 2 is 1.54 bits per heavy atom. The van der Waals surface area contributed by atoms with Crippen molar-refractivity contribution < 1.29 is 12.8 Å². The molecule has 122 valence electrons. The zero-order valence-corrected chi connectivity index (χ0v) is 13.7. The monoisotopic (exact) mass is 341 g/mol. The van der Waals surface area contributed by atoms with Gasteiger partial charge in [0.1, 0.15) is 5.82 Å². The largest absolute Gasteiger partial charge is 0.238 e. The maximum Gasteiger partial charge on any atom is 0.238 e. The van der Waals surface area contributed by atoms with Gasteiger partial charge in [0.05, 0.1) is 4.90 Å². The number of primary sulfonamides is 1. The Bertz CT molecular complexity index is 984. The van der Waals surface area contributed by atoms with Crippen molar-refractivity contribution in [3.8, 4) is 0 Å². The van der Waals surface area contributed by atoms with Crippen molar-refractivity contribution in [2.75, 3.05) is 0 Å². The fraction of sp³-hybridized carbons (Fsp3) is 0.158. The Kier molecular flexibility index (Phi) is 3.27. The number of benzene rings is 2. The number of sulfonamides is 1. The second kappa shape index (κ2) is 5.13. The zero-order chi connectivity index (χ0) is 16.9. The zero-order valence-electron chi connectivity index (χ0n) is 12.9. The molecule has 0 saturated heterocycles. The number of rotatable bonds is 3. The third-order valence-electron chi connectivity index (χ3n) is 4.62. The highest BCUT2D eigenvalue weighted by molar-refractivity contribution is 7.89. The SMILES string of the molecule is NS(=O)(=O)c1ccccc1C1=CC2(C=C1c1ccc(F)cc1)CC2. The summed E-state index contributed by atoms with van der Waals surface area (Å²) in [4.78, 5) is 0.113. The molecule has 4 rings (SSSR count). The second-order valence-corrected chi connectivity index (χ2v) is 7.93. The third kappa shape index (κ3) is 2.60. The maximum absolute atomic E-state index is 13.2. The molecule has 0 aromatic heterocycles. The molecule has 1 fully saturated rings. The summed E-state index contributed by atoms with van der Waals surface area (Å²) < 4.78 is 37.2. The normalized spacial score (nSPS) is 18.4. The Labute approximate surface area is 140 Å². The molecule has 0 atom stereocenters. The van der Waals surface area contributed by atoms with Crippen LogP contribution in [-0.2, 0) is 10.0 Å². The molecule has 0 aliphatic heterocycles. The first-order valence-electron chi connectivity index (χ1n) is 7.72. The van der Waals surface area contributed by atoms with Crippen molar-refractivity contribution in [1.29, 1.82) is 0 Å². The van der Waals surface area contributed by atoms with Crippen molar-refractivity contribution >= 4 is 21.2 Å². The van der Waals surface area contributed by atoms with Crippen LogP contribution in [0.25, 0.3) is 11.1 Å². The molecular formula is C19H16FNO2S. The second-order valence-electron chi connectivity index (χ2n) is 6.40. The van der Waals surface area contributed by atoms with Gasteiger partial charge in [0.15, 0.2) is 0 Å². The minimum absolute atomic E-state index is 0.00449. The molecule has 0 heterocycles. The highest BCUT2D eigenvalue weighted by Gasteiger charge is 2.43. The minimum Gasteiger partial charge on any atom is -0.225 e. The fourth-order valence-corrected chi connectivity index (χ4v) is 3.99. The number of halogens is 1. The topological polar surface area (TPSA) is 60.2 Å². The Morgan fingerprint density at radius 3 is 2.17 bits per heavy atom. The van der Waals surface area contributed by atoms with E-state index in [1.54, 1.807) is 30.3 Å². The van der Waals surface area contributed by atoms with E-state index >= 15 is 0 Å². The van der Waals surface area contributed by atoms with Crippen LogP contribution in [0.3, 0.4) is 0 Å². The molecule has 0 unspecified atom stereocenters. The molecule has 2 aliphatic carbocycles. The van der Waals surface area contributed by atoms with Gasteiger partial charge in [-0.3, -0.25) is 0 Å². The summed E-state index contributed by atoms with van der Waals surface area (Å²) >= 11 is 0. The third-order valence-corrected chi connectivity index (χ3v) is 5.59. The minimum atomic E-state index is -3.83.